The molecule has 0 radical (unpaired) electrons. The van der Waals surface area contributed by atoms with Crippen LogP contribution in [0.3, 0.4) is 0 Å². The van der Waals surface area contributed by atoms with E-state index in [1.807, 2.05) is 12.1 Å². The molecule has 0 spiro atoms. The van der Waals surface area contributed by atoms with E-state index in [4.69, 9.17) is 5.21 Å². The third-order valence-electron chi connectivity index (χ3n) is 3.72. The fourth-order valence-electron chi connectivity index (χ4n) is 2.56. The van der Waals surface area contributed by atoms with Gasteiger partial charge in [0.15, 0.2) is 0 Å². The lowest BCUT2D eigenvalue weighted by atomic mass is 9.88. The van der Waals surface area contributed by atoms with Gasteiger partial charge in [-0.15, -0.1) is 0 Å². The van der Waals surface area contributed by atoms with Crippen LogP contribution in [-0.2, 0) is 9.59 Å². The van der Waals surface area contributed by atoms with Crippen LogP contribution in [0.1, 0.15) is 37.7 Å². The van der Waals surface area contributed by atoms with Crippen molar-refractivity contribution >= 4 is 23.6 Å². The van der Waals surface area contributed by atoms with Crippen molar-refractivity contribution in [1.29, 1.82) is 0 Å². The summed E-state index contributed by atoms with van der Waals surface area (Å²) >= 11 is 0. The van der Waals surface area contributed by atoms with Crippen LogP contribution >= 0.6 is 0 Å². The van der Waals surface area contributed by atoms with Gasteiger partial charge >= 0.3 is 0 Å². The minimum Gasteiger partial charge on any atom is -0.325 e. The standard InChI is InChI=1S/C16H20N2O3/c19-15(18-21)11-10-12-6-4-5-9-14(12)17-16(20)13-7-2-1-3-8-13/h4-6,9-11,13,21H,1-3,7-8H2,(H,17,20)(H,18,19). The Bertz CT molecular complexity index is 534. The second kappa shape index (κ2) is 7.59. The fourth-order valence-corrected chi connectivity index (χ4v) is 2.56. The molecule has 1 aromatic carbocycles. The molecule has 0 atom stereocenters. The molecule has 2 rings (SSSR count). The molecule has 5 heteroatoms. The van der Waals surface area contributed by atoms with Crippen molar-refractivity contribution < 1.29 is 14.8 Å². The Morgan fingerprint density at radius 1 is 1.14 bits per heavy atom. The number of para-hydroxylation sites is 1. The Labute approximate surface area is 124 Å². The normalized spacial score (nSPS) is 15.9. The van der Waals surface area contributed by atoms with Gasteiger partial charge in [0, 0.05) is 17.7 Å². The first-order valence-corrected chi connectivity index (χ1v) is 7.23. The summed E-state index contributed by atoms with van der Waals surface area (Å²) in [7, 11) is 0. The summed E-state index contributed by atoms with van der Waals surface area (Å²) in [6.07, 6.45) is 8.08. The summed E-state index contributed by atoms with van der Waals surface area (Å²) in [6.45, 7) is 0. The Morgan fingerprint density at radius 3 is 2.57 bits per heavy atom. The summed E-state index contributed by atoms with van der Waals surface area (Å²) in [5.74, 6) is -0.484. The molecule has 1 aromatic rings. The lowest BCUT2D eigenvalue weighted by Gasteiger charge is -2.21. The molecule has 0 aliphatic heterocycles. The van der Waals surface area contributed by atoms with Crippen LogP contribution in [0.25, 0.3) is 6.08 Å². The van der Waals surface area contributed by atoms with Gasteiger partial charge in [-0.3, -0.25) is 14.8 Å². The average Bonchev–Trinajstić information content (AvgIpc) is 2.54. The maximum atomic E-state index is 12.3. The third kappa shape index (κ3) is 4.43. The SMILES string of the molecule is O=C(C=Cc1ccccc1NC(=O)C1CCCCC1)NO. The van der Waals surface area contributed by atoms with E-state index in [1.165, 1.54) is 18.0 Å². The predicted octanol–water partition coefficient (Wildman–Crippen LogP) is 2.72. The first-order valence-electron chi connectivity index (χ1n) is 7.23. The van der Waals surface area contributed by atoms with Crippen molar-refractivity contribution in [1.82, 2.24) is 5.48 Å². The zero-order chi connectivity index (χ0) is 15.1. The van der Waals surface area contributed by atoms with Gasteiger partial charge < -0.3 is 5.32 Å². The fraction of sp³-hybridized carbons (Fsp3) is 0.375. The van der Waals surface area contributed by atoms with Gasteiger partial charge in [0.1, 0.15) is 0 Å². The van der Waals surface area contributed by atoms with E-state index >= 15 is 0 Å². The van der Waals surface area contributed by atoms with Gasteiger partial charge in [-0.25, -0.2) is 5.48 Å². The molecule has 3 N–H and O–H groups in total. The number of carbonyl (C=O) groups is 2. The van der Waals surface area contributed by atoms with Gasteiger partial charge in [-0.2, -0.15) is 0 Å². The first-order chi connectivity index (χ1) is 10.2. The van der Waals surface area contributed by atoms with E-state index in [1.54, 1.807) is 18.2 Å². The molecular weight excluding hydrogens is 268 g/mol. The maximum Gasteiger partial charge on any atom is 0.267 e. The molecule has 1 fully saturated rings. The quantitative estimate of drug-likeness (QED) is 0.453. The molecule has 1 aliphatic carbocycles. The third-order valence-corrected chi connectivity index (χ3v) is 3.72. The van der Waals surface area contributed by atoms with Crippen LogP contribution in [0.2, 0.25) is 0 Å². The van der Waals surface area contributed by atoms with Crippen molar-refractivity contribution in [3.63, 3.8) is 0 Å². The van der Waals surface area contributed by atoms with Gasteiger partial charge in [0.05, 0.1) is 0 Å². The van der Waals surface area contributed by atoms with Crippen molar-refractivity contribution in [2.45, 2.75) is 32.1 Å². The minimum absolute atomic E-state index is 0.0437. The van der Waals surface area contributed by atoms with Crippen molar-refractivity contribution in [2.24, 2.45) is 5.92 Å². The second-order valence-electron chi connectivity index (χ2n) is 5.22. The number of hydrogen-bond donors (Lipinski definition) is 3. The van der Waals surface area contributed by atoms with Gasteiger partial charge in [0.2, 0.25) is 5.91 Å². The first kappa shape index (κ1) is 15.3. The number of benzene rings is 1. The number of hydrogen-bond acceptors (Lipinski definition) is 3. The number of hydroxylamine groups is 1. The van der Waals surface area contributed by atoms with Crippen LogP contribution in [0, 0.1) is 5.92 Å². The topological polar surface area (TPSA) is 78.4 Å². The largest absolute Gasteiger partial charge is 0.325 e. The summed E-state index contributed by atoms with van der Waals surface area (Å²) in [6, 6.07) is 7.27. The number of anilines is 1. The van der Waals surface area contributed by atoms with Crippen LogP contribution in [-0.4, -0.2) is 17.0 Å². The summed E-state index contributed by atoms with van der Waals surface area (Å²) in [4.78, 5) is 23.3. The Balaban J connectivity index is 2.07. The number of nitrogens with one attached hydrogen (secondary N) is 2. The molecule has 1 saturated carbocycles. The average molecular weight is 288 g/mol. The van der Waals surface area contributed by atoms with E-state index in [-0.39, 0.29) is 11.8 Å². The van der Waals surface area contributed by atoms with Crippen LogP contribution in [0.5, 0.6) is 0 Å². The van der Waals surface area contributed by atoms with E-state index in [0.29, 0.717) is 5.69 Å². The Hall–Kier alpha value is -2.14. The molecule has 0 unspecified atom stereocenters. The van der Waals surface area contributed by atoms with E-state index in [0.717, 1.165) is 31.2 Å². The van der Waals surface area contributed by atoms with Crippen molar-refractivity contribution in [2.75, 3.05) is 5.32 Å². The maximum absolute atomic E-state index is 12.3. The molecule has 112 valence electrons. The molecule has 0 bridgehead atoms. The molecule has 5 nitrogen and oxygen atoms in total. The van der Waals surface area contributed by atoms with Gasteiger partial charge in [-0.05, 0) is 30.5 Å². The van der Waals surface area contributed by atoms with Crippen molar-refractivity contribution in [3.8, 4) is 0 Å². The van der Waals surface area contributed by atoms with Crippen LogP contribution in [0.15, 0.2) is 30.3 Å². The second-order valence-corrected chi connectivity index (χ2v) is 5.22. The number of amides is 2. The lowest BCUT2D eigenvalue weighted by Crippen LogP contribution is -2.25. The van der Waals surface area contributed by atoms with Crippen LogP contribution < -0.4 is 10.8 Å². The van der Waals surface area contributed by atoms with Gasteiger partial charge in [0.25, 0.3) is 5.91 Å². The highest BCUT2D eigenvalue weighted by Crippen LogP contribution is 2.26. The number of rotatable bonds is 4. The Morgan fingerprint density at radius 2 is 1.86 bits per heavy atom. The lowest BCUT2D eigenvalue weighted by molar-refractivity contribution is -0.124. The zero-order valence-corrected chi connectivity index (χ0v) is 11.8. The Kier molecular flexibility index (Phi) is 5.51. The highest BCUT2D eigenvalue weighted by atomic mass is 16.5. The summed E-state index contributed by atoms with van der Waals surface area (Å²) < 4.78 is 0. The summed E-state index contributed by atoms with van der Waals surface area (Å²) in [5, 5.41) is 11.4. The number of carbonyl (C=O) groups excluding carboxylic acids is 2. The highest BCUT2D eigenvalue weighted by Gasteiger charge is 2.21. The molecular formula is C16H20N2O3. The highest BCUT2D eigenvalue weighted by molar-refractivity contribution is 5.96. The minimum atomic E-state index is -0.608. The van der Waals surface area contributed by atoms with E-state index in [2.05, 4.69) is 5.32 Å². The zero-order valence-electron chi connectivity index (χ0n) is 11.8. The molecule has 1 aliphatic rings. The van der Waals surface area contributed by atoms with Crippen molar-refractivity contribution in [3.05, 3.63) is 35.9 Å². The molecule has 21 heavy (non-hydrogen) atoms. The van der Waals surface area contributed by atoms with E-state index < -0.39 is 5.91 Å². The smallest absolute Gasteiger partial charge is 0.267 e. The van der Waals surface area contributed by atoms with Crippen LogP contribution in [0.4, 0.5) is 5.69 Å². The molecule has 2 amide bonds. The van der Waals surface area contributed by atoms with Gasteiger partial charge in [-0.1, -0.05) is 37.5 Å². The summed E-state index contributed by atoms with van der Waals surface area (Å²) in [5.41, 5.74) is 2.94. The molecule has 0 aromatic heterocycles. The van der Waals surface area contributed by atoms with E-state index in [9.17, 15) is 9.59 Å². The monoisotopic (exact) mass is 288 g/mol. The predicted molar refractivity (Wildman–Crippen MR) is 80.6 cm³/mol. The molecule has 0 saturated heterocycles. The molecule has 0 heterocycles.